The molecule has 3 aliphatic rings. The van der Waals surface area contributed by atoms with E-state index in [0.29, 0.717) is 4.90 Å². The number of nitrogens with one attached hydrogen (secondary N) is 1. The van der Waals surface area contributed by atoms with Gasteiger partial charge in [0.25, 0.3) is 5.91 Å². The van der Waals surface area contributed by atoms with Crippen molar-refractivity contribution >= 4 is 23.8 Å². The lowest BCUT2D eigenvalue weighted by Gasteiger charge is -2.22. The quantitative estimate of drug-likeness (QED) is 0.691. The predicted octanol–water partition coefficient (Wildman–Crippen LogP) is 0.428. The molecule has 1 unspecified atom stereocenters. The Kier molecular flexibility index (Phi) is 4.15. The van der Waals surface area contributed by atoms with E-state index >= 15 is 0 Å². The van der Waals surface area contributed by atoms with Crippen LogP contribution in [0.25, 0.3) is 0 Å². The Morgan fingerprint density at radius 2 is 1.88 bits per heavy atom. The molecule has 0 radical (unpaired) electrons. The summed E-state index contributed by atoms with van der Waals surface area (Å²) in [4.78, 5) is 49.3. The molecule has 0 aromatic rings. The van der Waals surface area contributed by atoms with Gasteiger partial charge in [0.1, 0.15) is 12.1 Å². The third kappa shape index (κ3) is 2.99. The summed E-state index contributed by atoms with van der Waals surface area (Å²) in [5.41, 5.74) is -1.10. The highest BCUT2D eigenvalue weighted by molar-refractivity contribution is 6.09. The van der Waals surface area contributed by atoms with E-state index in [-0.39, 0.29) is 5.92 Å². The van der Waals surface area contributed by atoms with Crippen molar-refractivity contribution in [3.05, 3.63) is 0 Å². The van der Waals surface area contributed by atoms with Gasteiger partial charge in [-0.05, 0) is 25.7 Å². The minimum Gasteiger partial charge on any atom is -0.481 e. The maximum absolute atomic E-state index is 13.0. The standard InChI is InChI=1S/C15H18F3N3O5/c1-14(7-2-3-7)12(25)21(13(26)19-14)6-10(22)20-4-8(11(23)24)9(5-20)15(16,17)18/h7-9H,2-6H2,1H3,(H,19,26)(H,23,24)/t8-,9-,14?/m1/s1. The Labute approximate surface area is 146 Å². The molecule has 1 saturated carbocycles. The predicted molar refractivity (Wildman–Crippen MR) is 78.6 cm³/mol. The van der Waals surface area contributed by atoms with E-state index in [1.165, 1.54) is 0 Å². The SMILES string of the molecule is CC1(C2CC2)NC(=O)N(CC(=O)N2C[C@@H](C(F)(F)F)[C@H](C(=O)O)C2)C1=O. The number of rotatable bonds is 4. The Balaban J connectivity index is 1.70. The van der Waals surface area contributed by atoms with Gasteiger partial charge in [-0.25, -0.2) is 4.79 Å². The van der Waals surface area contributed by atoms with E-state index in [0.717, 1.165) is 17.7 Å². The van der Waals surface area contributed by atoms with E-state index in [1.54, 1.807) is 6.92 Å². The van der Waals surface area contributed by atoms with Crippen molar-refractivity contribution in [1.82, 2.24) is 15.1 Å². The largest absolute Gasteiger partial charge is 0.481 e. The molecule has 11 heteroatoms. The highest BCUT2D eigenvalue weighted by Gasteiger charge is 2.57. The van der Waals surface area contributed by atoms with Gasteiger partial charge in [-0.2, -0.15) is 13.2 Å². The number of alkyl halides is 3. The number of likely N-dealkylation sites (tertiary alicyclic amines) is 1. The zero-order valence-corrected chi connectivity index (χ0v) is 13.9. The second-order valence-electron chi connectivity index (χ2n) is 7.19. The van der Waals surface area contributed by atoms with Gasteiger partial charge >= 0.3 is 18.2 Å². The second-order valence-corrected chi connectivity index (χ2v) is 7.19. The number of carboxylic acids is 1. The summed E-state index contributed by atoms with van der Waals surface area (Å²) in [6.45, 7) is -0.556. The minimum absolute atomic E-state index is 0.0168. The van der Waals surface area contributed by atoms with Gasteiger partial charge in [-0.1, -0.05) is 0 Å². The van der Waals surface area contributed by atoms with Gasteiger partial charge in [0, 0.05) is 13.1 Å². The number of hydrogen-bond acceptors (Lipinski definition) is 4. The fourth-order valence-corrected chi connectivity index (χ4v) is 3.62. The highest BCUT2D eigenvalue weighted by atomic mass is 19.4. The highest BCUT2D eigenvalue weighted by Crippen LogP contribution is 2.43. The van der Waals surface area contributed by atoms with Gasteiger partial charge in [-0.3, -0.25) is 19.3 Å². The number of nitrogens with zero attached hydrogens (tertiary/aromatic N) is 2. The zero-order chi connectivity index (χ0) is 19.4. The van der Waals surface area contributed by atoms with E-state index in [2.05, 4.69) is 5.32 Å². The van der Waals surface area contributed by atoms with Crippen LogP contribution in [0.1, 0.15) is 19.8 Å². The van der Waals surface area contributed by atoms with Crippen molar-refractivity contribution in [2.45, 2.75) is 31.5 Å². The Morgan fingerprint density at radius 3 is 2.35 bits per heavy atom. The summed E-state index contributed by atoms with van der Waals surface area (Å²) < 4.78 is 39.0. The molecular formula is C15H18F3N3O5. The summed E-state index contributed by atoms with van der Waals surface area (Å²) in [5, 5.41) is 11.5. The average molecular weight is 377 g/mol. The van der Waals surface area contributed by atoms with E-state index in [9.17, 15) is 32.3 Å². The summed E-state index contributed by atoms with van der Waals surface area (Å²) >= 11 is 0. The van der Waals surface area contributed by atoms with Crippen molar-refractivity contribution in [2.75, 3.05) is 19.6 Å². The first-order valence-electron chi connectivity index (χ1n) is 8.16. The van der Waals surface area contributed by atoms with Gasteiger partial charge in [0.05, 0.1) is 11.8 Å². The van der Waals surface area contributed by atoms with Crippen LogP contribution < -0.4 is 5.32 Å². The fourth-order valence-electron chi connectivity index (χ4n) is 3.62. The first-order chi connectivity index (χ1) is 11.9. The summed E-state index contributed by atoms with van der Waals surface area (Å²) in [6, 6.07) is -0.765. The molecule has 4 amide bonds. The van der Waals surface area contributed by atoms with Crippen molar-refractivity contribution in [3.63, 3.8) is 0 Å². The molecule has 3 rings (SSSR count). The Hall–Kier alpha value is -2.33. The van der Waals surface area contributed by atoms with Crippen molar-refractivity contribution in [3.8, 4) is 0 Å². The smallest absolute Gasteiger partial charge is 0.394 e. The maximum atomic E-state index is 13.0. The third-order valence-electron chi connectivity index (χ3n) is 5.40. The molecule has 1 aliphatic carbocycles. The molecule has 0 aromatic carbocycles. The van der Waals surface area contributed by atoms with Gasteiger partial charge in [0.2, 0.25) is 5.91 Å². The Bertz CT molecular complexity index is 678. The second kappa shape index (κ2) is 5.85. The minimum atomic E-state index is -4.76. The molecule has 8 nitrogen and oxygen atoms in total. The van der Waals surface area contributed by atoms with Gasteiger partial charge < -0.3 is 15.3 Å². The molecule has 2 saturated heterocycles. The van der Waals surface area contributed by atoms with Crippen LogP contribution in [-0.4, -0.2) is 70.1 Å². The normalized spacial score (nSPS) is 32.2. The lowest BCUT2D eigenvalue weighted by Crippen LogP contribution is -2.47. The summed E-state index contributed by atoms with van der Waals surface area (Å²) in [6.07, 6.45) is -3.22. The average Bonchev–Trinajstić information content (AvgIpc) is 3.23. The number of amides is 4. The lowest BCUT2D eigenvalue weighted by atomic mass is 9.96. The van der Waals surface area contributed by atoms with Gasteiger partial charge in [0.15, 0.2) is 0 Å². The molecule has 3 atom stereocenters. The van der Waals surface area contributed by atoms with Crippen LogP contribution >= 0.6 is 0 Å². The summed E-state index contributed by atoms with van der Waals surface area (Å²) in [5.74, 6) is -7.07. The van der Waals surface area contributed by atoms with Crippen LogP contribution in [0.15, 0.2) is 0 Å². The van der Waals surface area contributed by atoms with Crippen molar-refractivity contribution in [2.24, 2.45) is 17.8 Å². The zero-order valence-electron chi connectivity index (χ0n) is 13.9. The van der Waals surface area contributed by atoms with E-state index in [4.69, 9.17) is 5.11 Å². The molecular weight excluding hydrogens is 359 g/mol. The molecule has 144 valence electrons. The summed E-state index contributed by atoms with van der Waals surface area (Å²) in [7, 11) is 0. The van der Waals surface area contributed by atoms with E-state index < -0.39 is 67.0 Å². The number of carbonyl (C=O) groups excluding carboxylic acids is 3. The number of hydrogen-bond donors (Lipinski definition) is 2. The molecule has 2 heterocycles. The molecule has 0 aromatic heterocycles. The molecule has 3 fully saturated rings. The molecule has 26 heavy (non-hydrogen) atoms. The first-order valence-corrected chi connectivity index (χ1v) is 8.16. The third-order valence-corrected chi connectivity index (χ3v) is 5.40. The number of aliphatic carboxylic acids is 1. The monoisotopic (exact) mass is 377 g/mol. The van der Waals surface area contributed by atoms with Crippen LogP contribution in [-0.2, 0) is 14.4 Å². The number of carbonyl (C=O) groups is 4. The molecule has 2 N–H and O–H groups in total. The van der Waals surface area contributed by atoms with Crippen LogP contribution in [0.2, 0.25) is 0 Å². The van der Waals surface area contributed by atoms with Crippen LogP contribution in [0.5, 0.6) is 0 Å². The topological polar surface area (TPSA) is 107 Å². The van der Waals surface area contributed by atoms with Crippen molar-refractivity contribution < 1.29 is 37.5 Å². The number of urea groups is 1. The number of halogens is 3. The van der Waals surface area contributed by atoms with Crippen LogP contribution in [0.4, 0.5) is 18.0 Å². The lowest BCUT2D eigenvalue weighted by molar-refractivity contribution is -0.188. The van der Waals surface area contributed by atoms with Crippen LogP contribution in [0, 0.1) is 17.8 Å². The number of carboxylic acid groups (broad SMARTS) is 1. The molecule has 2 aliphatic heterocycles. The molecule has 0 bridgehead atoms. The van der Waals surface area contributed by atoms with Crippen molar-refractivity contribution in [1.29, 1.82) is 0 Å². The number of imide groups is 1. The fraction of sp³-hybridized carbons (Fsp3) is 0.733. The molecule has 0 spiro atoms. The van der Waals surface area contributed by atoms with Crippen LogP contribution in [0.3, 0.4) is 0 Å². The maximum Gasteiger partial charge on any atom is 0.394 e. The van der Waals surface area contributed by atoms with E-state index in [1.807, 2.05) is 0 Å². The van der Waals surface area contributed by atoms with Gasteiger partial charge in [-0.15, -0.1) is 0 Å². The Morgan fingerprint density at radius 1 is 1.27 bits per heavy atom. The first kappa shape index (κ1) is 18.5.